The molecule has 31 heavy (non-hydrogen) atoms. The SMILES string of the molecule is COc1ccc(C(=O)N(CCN(C)C)Cc2ccc(F)cc2)cc1S(=O)(=O)NC1CC1. The van der Waals surface area contributed by atoms with Crippen molar-refractivity contribution < 1.29 is 22.3 Å². The van der Waals surface area contributed by atoms with Crippen LogP contribution in [0.5, 0.6) is 5.75 Å². The van der Waals surface area contributed by atoms with Crippen LogP contribution in [0.15, 0.2) is 47.4 Å². The Balaban J connectivity index is 1.90. The van der Waals surface area contributed by atoms with Crippen molar-refractivity contribution in [1.29, 1.82) is 0 Å². The Morgan fingerprint density at radius 2 is 1.81 bits per heavy atom. The highest BCUT2D eigenvalue weighted by atomic mass is 32.2. The molecule has 0 bridgehead atoms. The number of likely N-dealkylation sites (N-methyl/N-ethyl adjacent to an activating group) is 1. The average Bonchev–Trinajstić information content (AvgIpc) is 3.54. The number of amides is 1. The number of rotatable bonds is 10. The lowest BCUT2D eigenvalue weighted by Gasteiger charge is -2.25. The normalized spacial score (nSPS) is 14.0. The van der Waals surface area contributed by atoms with Gasteiger partial charge in [0.1, 0.15) is 16.5 Å². The van der Waals surface area contributed by atoms with Crippen molar-refractivity contribution in [2.75, 3.05) is 34.3 Å². The minimum atomic E-state index is -3.81. The lowest BCUT2D eigenvalue weighted by molar-refractivity contribution is 0.0731. The van der Waals surface area contributed by atoms with Crippen molar-refractivity contribution in [3.05, 3.63) is 59.4 Å². The summed E-state index contributed by atoms with van der Waals surface area (Å²) < 4.78 is 46.7. The van der Waals surface area contributed by atoms with Gasteiger partial charge in [-0.2, -0.15) is 0 Å². The molecule has 0 saturated heterocycles. The van der Waals surface area contributed by atoms with E-state index >= 15 is 0 Å². The van der Waals surface area contributed by atoms with E-state index < -0.39 is 10.0 Å². The maximum atomic E-state index is 13.3. The highest BCUT2D eigenvalue weighted by molar-refractivity contribution is 7.89. The lowest BCUT2D eigenvalue weighted by Crippen LogP contribution is -2.36. The summed E-state index contributed by atoms with van der Waals surface area (Å²) in [6.07, 6.45) is 1.60. The van der Waals surface area contributed by atoms with Crippen molar-refractivity contribution in [3.63, 3.8) is 0 Å². The van der Waals surface area contributed by atoms with Gasteiger partial charge in [0.25, 0.3) is 5.91 Å². The van der Waals surface area contributed by atoms with E-state index in [9.17, 15) is 17.6 Å². The molecule has 0 spiro atoms. The minimum absolute atomic E-state index is 0.0536. The molecule has 1 aliphatic rings. The molecule has 1 fully saturated rings. The van der Waals surface area contributed by atoms with Crippen molar-refractivity contribution in [3.8, 4) is 5.75 Å². The molecule has 7 nitrogen and oxygen atoms in total. The van der Waals surface area contributed by atoms with Gasteiger partial charge in [0.15, 0.2) is 0 Å². The molecule has 1 saturated carbocycles. The van der Waals surface area contributed by atoms with Gasteiger partial charge >= 0.3 is 0 Å². The largest absolute Gasteiger partial charge is 0.495 e. The predicted molar refractivity (Wildman–Crippen MR) is 116 cm³/mol. The number of hydrogen-bond donors (Lipinski definition) is 1. The van der Waals surface area contributed by atoms with Crippen LogP contribution in [0, 0.1) is 5.82 Å². The van der Waals surface area contributed by atoms with Crippen LogP contribution in [0.2, 0.25) is 0 Å². The van der Waals surface area contributed by atoms with E-state index in [0.29, 0.717) is 13.1 Å². The molecule has 3 rings (SSSR count). The van der Waals surface area contributed by atoms with Crippen LogP contribution in [0.3, 0.4) is 0 Å². The third-order valence-electron chi connectivity index (χ3n) is 4.99. The van der Waals surface area contributed by atoms with Crippen molar-refractivity contribution in [2.24, 2.45) is 0 Å². The monoisotopic (exact) mass is 449 g/mol. The van der Waals surface area contributed by atoms with E-state index in [1.807, 2.05) is 19.0 Å². The third-order valence-corrected chi connectivity index (χ3v) is 6.53. The second-order valence-electron chi connectivity index (χ2n) is 7.92. The van der Waals surface area contributed by atoms with Crippen LogP contribution in [0.1, 0.15) is 28.8 Å². The summed E-state index contributed by atoms with van der Waals surface area (Å²) in [5.41, 5.74) is 1.03. The first-order valence-corrected chi connectivity index (χ1v) is 11.6. The number of halogens is 1. The molecule has 1 N–H and O–H groups in total. The van der Waals surface area contributed by atoms with E-state index in [0.717, 1.165) is 18.4 Å². The van der Waals surface area contributed by atoms with Crippen LogP contribution < -0.4 is 9.46 Å². The second kappa shape index (κ2) is 9.76. The lowest BCUT2D eigenvalue weighted by atomic mass is 10.1. The smallest absolute Gasteiger partial charge is 0.254 e. The average molecular weight is 450 g/mol. The zero-order valence-electron chi connectivity index (χ0n) is 18.0. The number of nitrogens with zero attached hydrogens (tertiary/aromatic N) is 2. The molecule has 9 heteroatoms. The predicted octanol–water partition coefficient (Wildman–Crippen LogP) is 2.48. The summed E-state index contributed by atoms with van der Waals surface area (Å²) >= 11 is 0. The Labute approximate surface area is 182 Å². The molecule has 0 aliphatic heterocycles. The molecule has 0 aromatic heterocycles. The van der Waals surface area contributed by atoms with Crippen LogP contribution >= 0.6 is 0 Å². The first-order valence-electron chi connectivity index (χ1n) is 10.1. The third kappa shape index (κ3) is 6.25. The van der Waals surface area contributed by atoms with E-state index in [1.54, 1.807) is 23.1 Å². The van der Waals surface area contributed by atoms with E-state index in [4.69, 9.17) is 4.74 Å². The van der Waals surface area contributed by atoms with Gasteiger partial charge in [-0.1, -0.05) is 12.1 Å². The Kier molecular flexibility index (Phi) is 7.30. The molecule has 0 radical (unpaired) electrons. The topological polar surface area (TPSA) is 79.0 Å². The van der Waals surface area contributed by atoms with Gasteiger partial charge in [-0.3, -0.25) is 4.79 Å². The van der Waals surface area contributed by atoms with Gasteiger partial charge in [0.2, 0.25) is 10.0 Å². The van der Waals surface area contributed by atoms with Crippen LogP contribution in [-0.2, 0) is 16.6 Å². The van der Waals surface area contributed by atoms with Crippen LogP contribution in [0.25, 0.3) is 0 Å². The summed E-state index contributed by atoms with van der Waals surface area (Å²) in [6.45, 7) is 1.33. The minimum Gasteiger partial charge on any atom is -0.495 e. The zero-order valence-corrected chi connectivity index (χ0v) is 18.8. The molecular formula is C22H28FN3O4S. The molecule has 168 valence electrons. The first kappa shape index (κ1) is 23.2. The number of benzene rings is 2. The van der Waals surface area contributed by atoms with Gasteiger partial charge in [-0.15, -0.1) is 0 Å². The van der Waals surface area contributed by atoms with Crippen LogP contribution in [0.4, 0.5) is 4.39 Å². The molecule has 0 unspecified atom stereocenters. The summed E-state index contributed by atoms with van der Waals surface area (Å²) in [6, 6.07) is 10.3. The standard InChI is InChI=1S/C22H28FN3O4S/c1-25(2)12-13-26(15-16-4-7-18(23)8-5-16)22(27)17-6-11-20(30-3)21(14-17)31(28,29)24-19-9-10-19/h4-8,11,14,19,24H,9-10,12-13,15H2,1-3H3. The van der Waals surface area contributed by atoms with E-state index in [2.05, 4.69) is 4.72 Å². The van der Waals surface area contributed by atoms with Gasteiger partial charge < -0.3 is 14.5 Å². The fourth-order valence-electron chi connectivity index (χ4n) is 3.07. The number of carbonyl (C=O) groups excluding carboxylic acids is 1. The maximum Gasteiger partial charge on any atom is 0.254 e. The number of ether oxygens (including phenoxy) is 1. The number of carbonyl (C=O) groups is 1. The highest BCUT2D eigenvalue weighted by Crippen LogP contribution is 2.29. The summed E-state index contributed by atoms with van der Waals surface area (Å²) in [5, 5.41) is 0. The fourth-order valence-corrected chi connectivity index (χ4v) is 4.57. The number of nitrogens with one attached hydrogen (secondary N) is 1. The van der Waals surface area contributed by atoms with Gasteiger partial charge in [0.05, 0.1) is 7.11 Å². The summed E-state index contributed by atoms with van der Waals surface area (Å²) in [5.74, 6) is -0.470. The summed E-state index contributed by atoms with van der Waals surface area (Å²) in [7, 11) is 1.40. The Bertz CT molecular complexity index is 1020. The molecule has 2 aromatic rings. The molecule has 1 aliphatic carbocycles. The maximum absolute atomic E-state index is 13.3. The molecule has 0 atom stereocenters. The van der Waals surface area contributed by atoms with Gasteiger partial charge in [-0.05, 0) is 62.8 Å². The zero-order chi connectivity index (χ0) is 22.6. The quantitative estimate of drug-likeness (QED) is 0.603. The summed E-state index contributed by atoms with van der Waals surface area (Å²) in [4.78, 5) is 16.8. The number of hydrogen-bond acceptors (Lipinski definition) is 5. The Morgan fingerprint density at radius 3 is 2.39 bits per heavy atom. The van der Waals surface area contributed by atoms with Crippen molar-refractivity contribution in [2.45, 2.75) is 30.3 Å². The van der Waals surface area contributed by atoms with Crippen LogP contribution in [-0.4, -0.2) is 64.5 Å². The molecular weight excluding hydrogens is 421 g/mol. The van der Waals surface area contributed by atoms with Gasteiger partial charge in [-0.25, -0.2) is 17.5 Å². The van der Waals surface area contributed by atoms with Crippen molar-refractivity contribution in [1.82, 2.24) is 14.5 Å². The molecule has 2 aromatic carbocycles. The number of sulfonamides is 1. The molecule has 0 heterocycles. The second-order valence-corrected chi connectivity index (χ2v) is 9.60. The Morgan fingerprint density at radius 1 is 1.13 bits per heavy atom. The molecule has 1 amide bonds. The highest BCUT2D eigenvalue weighted by Gasteiger charge is 2.30. The first-order chi connectivity index (χ1) is 14.7. The van der Waals surface area contributed by atoms with E-state index in [-0.39, 0.29) is 40.5 Å². The van der Waals surface area contributed by atoms with Crippen molar-refractivity contribution >= 4 is 15.9 Å². The number of methoxy groups -OCH3 is 1. The Hall–Kier alpha value is -2.49. The fraction of sp³-hybridized carbons (Fsp3) is 0.409. The van der Waals surface area contributed by atoms with Gasteiger partial charge in [0, 0.05) is 31.2 Å². The van der Waals surface area contributed by atoms with E-state index in [1.165, 1.54) is 31.4 Å².